The number of urea groups is 1. The number of likely N-dealkylation sites (tertiary alicyclic amines) is 1. The number of carbonyl (C=O) groups excluding carboxylic acids is 1. The number of amides is 2. The van der Waals surface area contributed by atoms with Gasteiger partial charge in [-0.1, -0.05) is 18.2 Å². The predicted molar refractivity (Wildman–Crippen MR) is 149 cm³/mol. The number of aromatic nitrogens is 4. The number of nitrogens with zero attached hydrogens (tertiary/aromatic N) is 5. The molecule has 2 N–H and O–H groups in total. The molecule has 41 heavy (non-hydrogen) atoms. The van der Waals surface area contributed by atoms with E-state index < -0.39 is 23.7 Å². The number of nitrogens with one attached hydrogen (secondary N) is 2. The summed E-state index contributed by atoms with van der Waals surface area (Å²) >= 11 is 0. The van der Waals surface area contributed by atoms with Crippen molar-refractivity contribution in [3.8, 4) is 23.0 Å². The van der Waals surface area contributed by atoms with Gasteiger partial charge in [-0.3, -0.25) is 10.2 Å². The van der Waals surface area contributed by atoms with Crippen LogP contribution in [0.3, 0.4) is 0 Å². The molecule has 1 aliphatic heterocycles. The summed E-state index contributed by atoms with van der Waals surface area (Å²) in [5.74, 6) is -1.18. The van der Waals surface area contributed by atoms with E-state index in [2.05, 4.69) is 25.5 Å². The second kappa shape index (κ2) is 12.4. The van der Waals surface area contributed by atoms with Gasteiger partial charge in [-0.2, -0.15) is 5.10 Å². The van der Waals surface area contributed by atoms with Gasteiger partial charge in [-0.05, 0) is 36.8 Å². The molecule has 0 radical (unpaired) electrons. The molecular formula is C29H31F2N7O3. The van der Waals surface area contributed by atoms with Gasteiger partial charge in [0.1, 0.15) is 23.1 Å². The van der Waals surface area contributed by atoms with Gasteiger partial charge in [0.25, 0.3) is 0 Å². The van der Waals surface area contributed by atoms with Crippen LogP contribution in [0, 0.1) is 18.6 Å². The van der Waals surface area contributed by atoms with Gasteiger partial charge in [-0.25, -0.2) is 28.2 Å². The summed E-state index contributed by atoms with van der Waals surface area (Å²) in [6, 6.07) is 12.2. The first-order chi connectivity index (χ1) is 19.9. The standard InChI is InChI=1S/C29H31F2N7O3/c1-18-26(20-14-32-29(41-3)33-15-20)36-38(23-7-5-4-6-8-23)27(18)35-28(39)34-25-17-37(9-10-40-2)16-24(25)19-11-21(30)13-22(31)12-19/h4-8,11-15,24-25H,9-10,16-17H2,1-3H3,(H2,34,35,39)/t24?,25-/m1/s1. The van der Waals surface area contributed by atoms with Crippen molar-refractivity contribution in [1.29, 1.82) is 0 Å². The normalized spacial score (nSPS) is 17.0. The van der Waals surface area contributed by atoms with Crippen molar-refractivity contribution >= 4 is 11.8 Å². The summed E-state index contributed by atoms with van der Waals surface area (Å²) in [4.78, 5) is 23.9. The minimum atomic E-state index is -0.657. The van der Waals surface area contributed by atoms with Crippen LogP contribution < -0.4 is 15.4 Å². The summed E-state index contributed by atoms with van der Waals surface area (Å²) in [7, 11) is 3.10. The molecule has 10 nitrogen and oxygen atoms in total. The number of hydrogen-bond donors (Lipinski definition) is 2. The number of anilines is 1. The molecule has 0 saturated carbocycles. The van der Waals surface area contributed by atoms with E-state index in [0.29, 0.717) is 54.4 Å². The maximum atomic E-state index is 14.1. The van der Waals surface area contributed by atoms with Crippen LogP contribution in [0.15, 0.2) is 60.9 Å². The molecule has 2 atom stereocenters. The van der Waals surface area contributed by atoms with E-state index in [1.165, 1.54) is 19.2 Å². The monoisotopic (exact) mass is 563 g/mol. The number of benzene rings is 2. The minimum absolute atomic E-state index is 0.232. The summed E-state index contributed by atoms with van der Waals surface area (Å²) in [6.07, 6.45) is 3.21. The Hall–Kier alpha value is -4.42. The maximum absolute atomic E-state index is 14.1. The molecule has 4 aromatic rings. The van der Waals surface area contributed by atoms with E-state index in [1.807, 2.05) is 37.3 Å². The Balaban J connectivity index is 1.43. The first-order valence-electron chi connectivity index (χ1n) is 13.1. The topological polar surface area (TPSA) is 106 Å². The number of rotatable bonds is 9. The van der Waals surface area contributed by atoms with Crippen LogP contribution in [0.4, 0.5) is 19.4 Å². The zero-order valence-electron chi connectivity index (χ0n) is 23.0. The van der Waals surface area contributed by atoms with Crippen LogP contribution in [-0.4, -0.2) is 77.2 Å². The highest BCUT2D eigenvalue weighted by molar-refractivity contribution is 5.91. The molecule has 0 bridgehead atoms. The number of ether oxygens (including phenoxy) is 2. The first-order valence-corrected chi connectivity index (χ1v) is 13.1. The van der Waals surface area contributed by atoms with Gasteiger partial charge in [0.2, 0.25) is 0 Å². The summed E-state index contributed by atoms with van der Waals surface area (Å²) < 4.78 is 40.1. The zero-order valence-corrected chi connectivity index (χ0v) is 23.0. The third-order valence-electron chi connectivity index (χ3n) is 7.08. The largest absolute Gasteiger partial charge is 0.467 e. The lowest BCUT2D eigenvalue weighted by atomic mass is 9.94. The number of hydrogen-bond acceptors (Lipinski definition) is 7. The fourth-order valence-electron chi connectivity index (χ4n) is 5.09. The van der Waals surface area contributed by atoms with Crippen molar-refractivity contribution < 1.29 is 23.0 Å². The third kappa shape index (κ3) is 6.34. The molecule has 0 spiro atoms. The van der Waals surface area contributed by atoms with Gasteiger partial charge in [0.05, 0.1) is 25.4 Å². The van der Waals surface area contributed by atoms with Crippen LogP contribution in [-0.2, 0) is 4.74 Å². The lowest BCUT2D eigenvalue weighted by Gasteiger charge is -2.21. The quantitative estimate of drug-likeness (QED) is 0.315. The minimum Gasteiger partial charge on any atom is -0.467 e. The molecule has 0 aliphatic carbocycles. The van der Waals surface area contributed by atoms with Crippen molar-refractivity contribution in [2.45, 2.75) is 18.9 Å². The lowest BCUT2D eigenvalue weighted by Crippen LogP contribution is -2.42. The zero-order chi connectivity index (χ0) is 28.9. The maximum Gasteiger partial charge on any atom is 0.320 e. The predicted octanol–water partition coefficient (Wildman–Crippen LogP) is 4.16. The Morgan fingerprint density at radius 2 is 1.76 bits per heavy atom. The smallest absolute Gasteiger partial charge is 0.320 e. The highest BCUT2D eigenvalue weighted by Crippen LogP contribution is 2.32. The Morgan fingerprint density at radius 1 is 1.05 bits per heavy atom. The van der Waals surface area contributed by atoms with Crippen molar-refractivity contribution in [2.75, 3.05) is 45.8 Å². The van der Waals surface area contributed by atoms with Crippen LogP contribution in [0.25, 0.3) is 16.9 Å². The molecule has 1 saturated heterocycles. The molecule has 1 unspecified atom stereocenters. The van der Waals surface area contributed by atoms with Crippen molar-refractivity contribution in [1.82, 2.24) is 30.0 Å². The molecule has 1 fully saturated rings. The summed E-state index contributed by atoms with van der Waals surface area (Å²) in [5.41, 5.74) is 3.17. The first kappa shape index (κ1) is 28.1. The van der Waals surface area contributed by atoms with Crippen LogP contribution in [0.5, 0.6) is 6.01 Å². The Labute approximate surface area is 236 Å². The molecule has 2 aromatic carbocycles. The molecule has 1 aliphatic rings. The molecule has 5 rings (SSSR count). The van der Waals surface area contributed by atoms with Crippen LogP contribution in [0.2, 0.25) is 0 Å². The van der Waals surface area contributed by atoms with Crippen LogP contribution in [0.1, 0.15) is 17.0 Å². The van der Waals surface area contributed by atoms with Crippen LogP contribution >= 0.6 is 0 Å². The number of para-hydroxylation sites is 1. The Morgan fingerprint density at radius 3 is 2.41 bits per heavy atom. The van der Waals surface area contributed by atoms with Gasteiger partial charge >= 0.3 is 12.0 Å². The van der Waals surface area contributed by atoms with E-state index in [4.69, 9.17) is 14.6 Å². The van der Waals surface area contributed by atoms with Crippen molar-refractivity contribution in [3.63, 3.8) is 0 Å². The second-order valence-electron chi connectivity index (χ2n) is 9.79. The van der Waals surface area contributed by atoms with E-state index >= 15 is 0 Å². The lowest BCUT2D eigenvalue weighted by molar-refractivity contribution is 0.159. The van der Waals surface area contributed by atoms with Gasteiger partial charge in [0.15, 0.2) is 0 Å². The highest BCUT2D eigenvalue weighted by Gasteiger charge is 2.35. The van der Waals surface area contributed by atoms with Gasteiger partial charge < -0.3 is 14.8 Å². The van der Waals surface area contributed by atoms with E-state index in [9.17, 15) is 13.6 Å². The number of halogens is 2. The summed E-state index contributed by atoms with van der Waals surface area (Å²) in [5, 5.41) is 10.8. The summed E-state index contributed by atoms with van der Waals surface area (Å²) in [6.45, 7) is 3.97. The second-order valence-corrected chi connectivity index (χ2v) is 9.79. The average molecular weight is 564 g/mol. The SMILES string of the molecule is COCCN1CC(c2cc(F)cc(F)c2)[C@H](NC(=O)Nc2c(C)c(-c3cnc(OC)nc3)nn2-c2ccccc2)C1. The van der Waals surface area contributed by atoms with E-state index in [-0.39, 0.29) is 11.9 Å². The molecule has 2 aromatic heterocycles. The molecule has 214 valence electrons. The van der Waals surface area contributed by atoms with Gasteiger partial charge in [0, 0.05) is 62.2 Å². The molecule has 2 amide bonds. The Bertz CT molecular complexity index is 1480. The van der Waals surface area contributed by atoms with Gasteiger partial charge in [-0.15, -0.1) is 0 Å². The fourth-order valence-corrected chi connectivity index (χ4v) is 5.09. The molecular weight excluding hydrogens is 532 g/mol. The Kier molecular flexibility index (Phi) is 8.50. The average Bonchev–Trinajstić information content (AvgIpc) is 3.52. The fraction of sp³-hybridized carbons (Fsp3) is 0.310. The molecule has 3 heterocycles. The van der Waals surface area contributed by atoms with E-state index in [0.717, 1.165) is 11.8 Å². The van der Waals surface area contributed by atoms with E-state index in [1.54, 1.807) is 24.2 Å². The van der Waals surface area contributed by atoms with Crippen molar-refractivity contribution in [2.24, 2.45) is 0 Å². The number of carbonyl (C=O) groups is 1. The number of methoxy groups -OCH3 is 2. The van der Waals surface area contributed by atoms with Crippen molar-refractivity contribution in [3.05, 3.63) is 83.7 Å². The highest BCUT2D eigenvalue weighted by atomic mass is 19.1. The third-order valence-corrected chi connectivity index (χ3v) is 7.08. The molecule has 12 heteroatoms.